The number of piperidine rings is 1. The van der Waals surface area contributed by atoms with E-state index < -0.39 is 0 Å². The molecule has 1 aromatic rings. The quantitative estimate of drug-likeness (QED) is 0.367. The summed E-state index contributed by atoms with van der Waals surface area (Å²) in [6.07, 6.45) is 4.60. The topological polar surface area (TPSA) is 52.7 Å². The van der Waals surface area contributed by atoms with Crippen molar-refractivity contribution < 1.29 is 14.0 Å². The Balaban J connectivity index is 1.63. The standard InChI is InChI=1S/C25H38FN3O2S2/c1-2-23(30)25-21(18-4-6-19(26)7-5-18)16-20-8-9-22(25)29(20)12-3-11-28(13-15-33)17-24(31)27-10-14-32/h4-7,20-22,25,32-33H,2-3,8-17H2,1H3,(H,27,31)/t20-,21-,22?,25?/m1/s1. The molecule has 3 rings (SSSR count). The van der Waals surface area contributed by atoms with Crippen LogP contribution >= 0.6 is 25.3 Å². The van der Waals surface area contributed by atoms with E-state index in [2.05, 4.69) is 40.4 Å². The first-order valence-electron chi connectivity index (χ1n) is 12.2. The molecule has 4 atom stereocenters. The van der Waals surface area contributed by atoms with Gasteiger partial charge in [-0.15, -0.1) is 0 Å². The molecule has 2 aliphatic rings. The van der Waals surface area contributed by atoms with E-state index in [-0.39, 0.29) is 29.6 Å². The highest BCUT2D eigenvalue weighted by Gasteiger charge is 2.49. The first-order valence-corrected chi connectivity index (χ1v) is 13.5. The lowest BCUT2D eigenvalue weighted by molar-refractivity contribution is -0.127. The predicted octanol–water partition coefficient (Wildman–Crippen LogP) is 3.41. The fourth-order valence-corrected chi connectivity index (χ4v) is 6.13. The van der Waals surface area contributed by atoms with Crippen molar-refractivity contribution in [2.75, 3.05) is 44.2 Å². The second-order valence-electron chi connectivity index (χ2n) is 9.20. The van der Waals surface area contributed by atoms with Crippen LogP contribution < -0.4 is 5.32 Å². The molecule has 0 aliphatic carbocycles. The normalized spacial score (nSPS) is 24.9. The van der Waals surface area contributed by atoms with E-state index in [1.807, 2.05) is 19.1 Å². The highest BCUT2D eigenvalue weighted by atomic mass is 32.1. The summed E-state index contributed by atoms with van der Waals surface area (Å²) in [7, 11) is 0. The number of amides is 1. The molecular formula is C25H38FN3O2S2. The van der Waals surface area contributed by atoms with Gasteiger partial charge in [-0.25, -0.2) is 4.39 Å². The number of thiol groups is 2. The largest absolute Gasteiger partial charge is 0.354 e. The number of nitrogens with one attached hydrogen (secondary N) is 1. The number of fused-ring (bicyclic) bond motifs is 2. The Morgan fingerprint density at radius 1 is 1.15 bits per heavy atom. The van der Waals surface area contributed by atoms with Crippen LogP contribution in [0.25, 0.3) is 0 Å². The van der Waals surface area contributed by atoms with E-state index in [0.717, 1.165) is 50.9 Å². The number of nitrogens with zero attached hydrogens (tertiary/aromatic N) is 2. The van der Waals surface area contributed by atoms with Crippen LogP contribution in [0, 0.1) is 11.7 Å². The van der Waals surface area contributed by atoms with Crippen LogP contribution in [0.2, 0.25) is 0 Å². The number of carbonyl (C=O) groups is 2. The molecule has 8 heteroatoms. The molecule has 33 heavy (non-hydrogen) atoms. The van der Waals surface area contributed by atoms with Crippen LogP contribution in [0.15, 0.2) is 24.3 Å². The lowest BCUT2D eigenvalue weighted by atomic mass is 9.73. The molecule has 184 valence electrons. The molecule has 0 saturated carbocycles. The molecule has 2 bridgehead atoms. The van der Waals surface area contributed by atoms with Gasteiger partial charge >= 0.3 is 0 Å². The van der Waals surface area contributed by atoms with E-state index in [0.29, 0.717) is 42.8 Å². The van der Waals surface area contributed by atoms with Crippen LogP contribution in [0.4, 0.5) is 4.39 Å². The monoisotopic (exact) mass is 495 g/mol. The summed E-state index contributed by atoms with van der Waals surface area (Å²) >= 11 is 8.49. The van der Waals surface area contributed by atoms with Crippen molar-refractivity contribution in [2.24, 2.45) is 5.92 Å². The Morgan fingerprint density at radius 2 is 1.91 bits per heavy atom. The Labute approximate surface area is 208 Å². The first-order chi connectivity index (χ1) is 16.0. The number of rotatable bonds is 13. The average Bonchev–Trinajstić information content (AvgIpc) is 3.08. The molecule has 0 spiro atoms. The minimum absolute atomic E-state index is 0.0274. The van der Waals surface area contributed by atoms with Gasteiger partial charge in [0, 0.05) is 49.0 Å². The van der Waals surface area contributed by atoms with Gasteiger partial charge in [-0.2, -0.15) is 25.3 Å². The van der Waals surface area contributed by atoms with Gasteiger partial charge in [-0.3, -0.25) is 19.4 Å². The highest BCUT2D eigenvalue weighted by molar-refractivity contribution is 7.80. The van der Waals surface area contributed by atoms with E-state index in [1.54, 1.807) is 0 Å². The molecule has 2 heterocycles. The van der Waals surface area contributed by atoms with Crippen molar-refractivity contribution in [1.29, 1.82) is 0 Å². The fourth-order valence-electron chi connectivity index (χ4n) is 5.73. The summed E-state index contributed by atoms with van der Waals surface area (Å²) in [5.41, 5.74) is 1.09. The second kappa shape index (κ2) is 13.1. The number of hydrogen-bond acceptors (Lipinski definition) is 6. The van der Waals surface area contributed by atoms with Crippen LogP contribution in [0.5, 0.6) is 0 Å². The molecule has 2 fully saturated rings. The minimum atomic E-state index is -0.234. The molecule has 2 saturated heterocycles. The third-order valence-electron chi connectivity index (χ3n) is 7.19. The number of hydrogen-bond donors (Lipinski definition) is 3. The molecule has 2 unspecified atom stereocenters. The minimum Gasteiger partial charge on any atom is -0.354 e. The summed E-state index contributed by atoms with van der Waals surface area (Å²) in [6, 6.07) is 7.46. The number of carbonyl (C=O) groups excluding carboxylic acids is 2. The van der Waals surface area contributed by atoms with Gasteiger partial charge in [-0.05, 0) is 62.4 Å². The van der Waals surface area contributed by atoms with Crippen LogP contribution in [-0.2, 0) is 9.59 Å². The van der Waals surface area contributed by atoms with Crippen molar-refractivity contribution in [1.82, 2.24) is 15.1 Å². The molecule has 0 aromatic heterocycles. The van der Waals surface area contributed by atoms with E-state index in [4.69, 9.17) is 0 Å². The highest BCUT2D eigenvalue weighted by Crippen LogP contribution is 2.47. The maximum atomic E-state index is 13.5. The van der Waals surface area contributed by atoms with E-state index >= 15 is 0 Å². The number of ketones is 1. The SMILES string of the molecule is CCC(=O)C1C2CC[C@H](C[C@@H]1c1ccc(F)cc1)N2CCCN(CCS)CC(=O)NCCS. The molecule has 5 nitrogen and oxygen atoms in total. The lowest BCUT2D eigenvalue weighted by Gasteiger charge is -2.44. The van der Waals surface area contributed by atoms with Crippen molar-refractivity contribution in [2.45, 2.75) is 57.0 Å². The summed E-state index contributed by atoms with van der Waals surface area (Å²) in [6.45, 7) is 5.44. The predicted molar refractivity (Wildman–Crippen MR) is 138 cm³/mol. The van der Waals surface area contributed by atoms with Crippen molar-refractivity contribution >= 4 is 36.9 Å². The van der Waals surface area contributed by atoms with Crippen LogP contribution in [0.1, 0.15) is 50.5 Å². The average molecular weight is 496 g/mol. The fraction of sp³-hybridized carbons (Fsp3) is 0.680. The maximum Gasteiger partial charge on any atom is 0.234 e. The maximum absolute atomic E-state index is 13.5. The molecule has 0 radical (unpaired) electrons. The van der Waals surface area contributed by atoms with Gasteiger partial charge in [0.25, 0.3) is 0 Å². The Kier molecular flexibility index (Phi) is 10.5. The Bertz CT molecular complexity index is 779. The zero-order valence-corrected chi connectivity index (χ0v) is 21.4. The summed E-state index contributed by atoms with van der Waals surface area (Å²) < 4.78 is 13.5. The van der Waals surface area contributed by atoms with Crippen molar-refractivity contribution in [3.63, 3.8) is 0 Å². The van der Waals surface area contributed by atoms with Gasteiger partial charge in [0.1, 0.15) is 11.6 Å². The molecule has 1 amide bonds. The third-order valence-corrected chi connectivity index (χ3v) is 7.61. The lowest BCUT2D eigenvalue weighted by Crippen LogP contribution is -2.51. The first kappa shape index (κ1) is 26.5. The van der Waals surface area contributed by atoms with Crippen molar-refractivity contribution in [3.8, 4) is 0 Å². The van der Waals surface area contributed by atoms with Crippen LogP contribution in [-0.4, -0.2) is 77.8 Å². The molecule has 2 aliphatic heterocycles. The molecule has 1 N–H and O–H groups in total. The van der Waals surface area contributed by atoms with Gasteiger partial charge in [0.05, 0.1) is 6.54 Å². The smallest absolute Gasteiger partial charge is 0.234 e. The van der Waals surface area contributed by atoms with E-state index in [9.17, 15) is 14.0 Å². The summed E-state index contributed by atoms with van der Waals surface area (Å²) in [4.78, 5) is 29.9. The molecular weight excluding hydrogens is 457 g/mol. The van der Waals surface area contributed by atoms with Gasteiger partial charge in [0.15, 0.2) is 0 Å². The molecule has 1 aromatic carbocycles. The summed E-state index contributed by atoms with van der Waals surface area (Å²) in [5.74, 6) is 1.59. The van der Waals surface area contributed by atoms with Gasteiger partial charge in [-0.1, -0.05) is 19.1 Å². The number of halogens is 1. The van der Waals surface area contributed by atoms with Crippen LogP contribution in [0.3, 0.4) is 0 Å². The zero-order chi connectivity index (χ0) is 23.8. The third kappa shape index (κ3) is 6.96. The second-order valence-corrected chi connectivity index (χ2v) is 10.1. The van der Waals surface area contributed by atoms with Gasteiger partial charge < -0.3 is 5.32 Å². The Morgan fingerprint density at radius 3 is 2.58 bits per heavy atom. The van der Waals surface area contributed by atoms with Crippen molar-refractivity contribution in [3.05, 3.63) is 35.6 Å². The number of benzene rings is 1. The summed E-state index contributed by atoms with van der Waals surface area (Å²) in [5, 5.41) is 2.88. The Hall–Kier alpha value is -1.09. The number of Topliss-reactive ketones (excluding diaryl/α,β-unsaturated/α-hetero) is 1. The van der Waals surface area contributed by atoms with E-state index in [1.165, 1.54) is 12.1 Å². The zero-order valence-electron chi connectivity index (χ0n) is 19.6. The van der Waals surface area contributed by atoms with Gasteiger partial charge in [0.2, 0.25) is 5.91 Å².